The molecule has 4 rings (SSSR count). The summed E-state index contributed by atoms with van der Waals surface area (Å²) in [6.45, 7) is 2.84. The van der Waals surface area contributed by atoms with Gasteiger partial charge in [0, 0.05) is 43.0 Å². The van der Waals surface area contributed by atoms with Gasteiger partial charge in [-0.1, -0.05) is 30.3 Å². The summed E-state index contributed by atoms with van der Waals surface area (Å²) in [6.07, 6.45) is 5.42. The van der Waals surface area contributed by atoms with E-state index in [4.69, 9.17) is 0 Å². The molecule has 3 aromatic rings. The van der Waals surface area contributed by atoms with Crippen LogP contribution in [0.2, 0.25) is 0 Å². The van der Waals surface area contributed by atoms with Gasteiger partial charge >= 0.3 is 0 Å². The summed E-state index contributed by atoms with van der Waals surface area (Å²) in [5.41, 5.74) is 3.58. The van der Waals surface area contributed by atoms with Crippen LogP contribution in [0, 0.1) is 12.8 Å². The first-order valence-electron chi connectivity index (χ1n) is 9.00. The molecule has 26 heavy (non-hydrogen) atoms. The van der Waals surface area contributed by atoms with Crippen LogP contribution in [0.25, 0.3) is 0 Å². The van der Waals surface area contributed by atoms with Crippen LogP contribution in [0.4, 0.5) is 5.82 Å². The smallest absolute Gasteiger partial charge is 0.229 e. The first-order valence-corrected chi connectivity index (χ1v) is 9.00. The quantitative estimate of drug-likeness (QED) is 0.742. The zero-order chi connectivity index (χ0) is 17.9. The van der Waals surface area contributed by atoms with Crippen LogP contribution in [-0.2, 0) is 17.8 Å². The number of aromatic nitrogens is 3. The molecule has 2 atom stereocenters. The van der Waals surface area contributed by atoms with E-state index in [9.17, 15) is 4.79 Å². The maximum absolute atomic E-state index is 12.5. The molecule has 1 saturated carbocycles. The molecule has 0 bridgehead atoms. The number of benzene rings is 1. The van der Waals surface area contributed by atoms with Gasteiger partial charge in [0.05, 0.1) is 0 Å². The van der Waals surface area contributed by atoms with Crippen molar-refractivity contribution in [1.29, 1.82) is 0 Å². The number of hydrogen-bond donors (Lipinski definition) is 1. The average Bonchev–Trinajstić information content (AvgIpc) is 3.34. The first kappa shape index (κ1) is 16.5. The number of rotatable bonds is 6. The monoisotopic (exact) mass is 346 g/mol. The number of anilines is 1. The highest BCUT2D eigenvalue weighted by Crippen LogP contribution is 2.48. The number of nitrogens with one attached hydrogen (secondary N) is 1. The topological polar surface area (TPSA) is 59.8 Å². The molecule has 0 radical (unpaired) electrons. The number of hydrogen-bond acceptors (Lipinski definition) is 3. The molecule has 0 saturated heterocycles. The second kappa shape index (κ2) is 7.12. The summed E-state index contributed by atoms with van der Waals surface area (Å²) in [5, 5.41) is 7.40. The van der Waals surface area contributed by atoms with E-state index < -0.39 is 0 Å². The molecule has 1 N–H and O–H groups in total. The van der Waals surface area contributed by atoms with E-state index in [-0.39, 0.29) is 11.8 Å². The fraction of sp³-hybridized carbons (Fsp3) is 0.286. The van der Waals surface area contributed by atoms with E-state index in [0.29, 0.717) is 11.7 Å². The van der Waals surface area contributed by atoms with Crippen molar-refractivity contribution in [3.05, 3.63) is 77.7 Å². The summed E-state index contributed by atoms with van der Waals surface area (Å²) in [7, 11) is 0. The third-order valence-electron chi connectivity index (χ3n) is 4.93. The minimum Gasteiger partial charge on any atom is -0.309 e. The van der Waals surface area contributed by atoms with Crippen LogP contribution in [0.15, 0.2) is 60.9 Å². The van der Waals surface area contributed by atoms with Gasteiger partial charge in [-0.15, -0.1) is 0 Å². The largest absolute Gasteiger partial charge is 0.309 e. The number of amides is 1. The minimum absolute atomic E-state index is 0.0507. The number of pyridine rings is 1. The van der Waals surface area contributed by atoms with Crippen molar-refractivity contribution in [3.63, 3.8) is 0 Å². The lowest BCUT2D eigenvalue weighted by atomic mass is 10.0. The Morgan fingerprint density at radius 2 is 2.04 bits per heavy atom. The molecule has 5 heteroatoms. The Bertz CT molecular complexity index is 903. The third kappa shape index (κ3) is 3.67. The molecule has 1 aliphatic carbocycles. The van der Waals surface area contributed by atoms with Gasteiger partial charge in [-0.25, -0.2) is 0 Å². The summed E-state index contributed by atoms with van der Waals surface area (Å²) in [4.78, 5) is 16.8. The fourth-order valence-electron chi connectivity index (χ4n) is 3.38. The lowest BCUT2D eigenvalue weighted by Gasteiger charge is -2.05. The van der Waals surface area contributed by atoms with E-state index >= 15 is 0 Å². The second-order valence-electron chi connectivity index (χ2n) is 6.83. The van der Waals surface area contributed by atoms with Gasteiger partial charge < -0.3 is 5.32 Å². The Morgan fingerprint density at radius 1 is 1.19 bits per heavy atom. The Balaban J connectivity index is 1.32. The zero-order valence-corrected chi connectivity index (χ0v) is 14.8. The van der Waals surface area contributed by atoms with Crippen LogP contribution in [0.3, 0.4) is 0 Å². The Morgan fingerprint density at radius 3 is 2.85 bits per heavy atom. The molecular weight excluding hydrogens is 324 g/mol. The molecule has 132 valence electrons. The zero-order valence-electron chi connectivity index (χ0n) is 14.8. The number of nitrogens with zero attached hydrogens (tertiary/aromatic N) is 3. The average molecular weight is 346 g/mol. The van der Waals surface area contributed by atoms with E-state index in [2.05, 4.69) is 34.5 Å². The summed E-state index contributed by atoms with van der Waals surface area (Å²) >= 11 is 0. The summed E-state index contributed by atoms with van der Waals surface area (Å²) in [5.74, 6) is 1.07. The van der Waals surface area contributed by atoms with Crippen LogP contribution in [0.5, 0.6) is 0 Å². The number of carbonyl (C=O) groups excluding carboxylic acids is 1. The van der Waals surface area contributed by atoms with Crippen LogP contribution >= 0.6 is 0 Å². The third-order valence-corrected chi connectivity index (χ3v) is 4.93. The highest BCUT2D eigenvalue weighted by molar-refractivity contribution is 5.94. The van der Waals surface area contributed by atoms with Crippen molar-refractivity contribution in [3.8, 4) is 0 Å². The minimum atomic E-state index is 0.0507. The van der Waals surface area contributed by atoms with E-state index in [1.165, 1.54) is 11.1 Å². The SMILES string of the molecule is Cc1ccccc1[C@@H]1C[C@@H]1C(=O)Nc1ccn(CCc2ccccn2)n1. The van der Waals surface area contributed by atoms with Crippen molar-refractivity contribution in [1.82, 2.24) is 14.8 Å². The normalized spacial score (nSPS) is 18.5. The molecule has 0 aliphatic heterocycles. The standard InChI is InChI=1S/C21H22N4O/c1-15-6-2-3-8-17(15)18-14-19(18)21(26)23-20-10-13-25(24-20)12-9-16-7-4-5-11-22-16/h2-8,10-11,13,18-19H,9,12,14H2,1H3,(H,23,24,26)/t18-,19-/m0/s1. The summed E-state index contributed by atoms with van der Waals surface area (Å²) < 4.78 is 1.84. The van der Waals surface area contributed by atoms with Gasteiger partial charge in [0.25, 0.3) is 0 Å². The maximum Gasteiger partial charge on any atom is 0.229 e. The number of carbonyl (C=O) groups is 1. The van der Waals surface area contributed by atoms with E-state index in [1.807, 2.05) is 47.3 Å². The van der Waals surface area contributed by atoms with Crippen molar-refractivity contribution >= 4 is 11.7 Å². The van der Waals surface area contributed by atoms with Crippen molar-refractivity contribution in [2.45, 2.75) is 32.2 Å². The second-order valence-corrected chi connectivity index (χ2v) is 6.83. The predicted octanol–water partition coefficient (Wildman–Crippen LogP) is 3.57. The van der Waals surface area contributed by atoms with Gasteiger partial charge in [-0.05, 0) is 42.5 Å². The predicted molar refractivity (Wildman–Crippen MR) is 101 cm³/mol. The van der Waals surface area contributed by atoms with Crippen LogP contribution < -0.4 is 5.32 Å². The van der Waals surface area contributed by atoms with Crippen molar-refractivity contribution < 1.29 is 4.79 Å². The molecule has 1 fully saturated rings. The molecule has 1 aromatic carbocycles. The molecule has 5 nitrogen and oxygen atoms in total. The lowest BCUT2D eigenvalue weighted by Crippen LogP contribution is -2.15. The first-order chi connectivity index (χ1) is 12.7. The molecule has 1 aliphatic rings. The molecule has 2 heterocycles. The van der Waals surface area contributed by atoms with Gasteiger partial charge in [-0.3, -0.25) is 14.5 Å². The van der Waals surface area contributed by atoms with Gasteiger partial charge in [0.2, 0.25) is 5.91 Å². The van der Waals surface area contributed by atoms with Crippen LogP contribution in [-0.4, -0.2) is 20.7 Å². The maximum atomic E-state index is 12.5. The van der Waals surface area contributed by atoms with Gasteiger partial charge in [0.15, 0.2) is 5.82 Å². The van der Waals surface area contributed by atoms with Crippen molar-refractivity contribution in [2.24, 2.45) is 5.92 Å². The summed E-state index contributed by atoms with van der Waals surface area (Å²) in [6, 6.07) is 16.1. The number of aryl methyl sites for hydroxylation is 3. The highest BCUT2D eigenvalue weighted by atomic mass is 16.2. The fourth-order valence-corrected chi connectivity index (χ4v) is 3.38. The van der Waals surface area contributed by atoms with E-state index in [0.717, 1.165) is 25.1 Å². The Labute approximate surface area is 153 Å². The molecule has 0 spiro atoms. The van der Waals surface area contributed by atoms with Gasteiger partial charge in [-0.2, -0.15) is 5.10 Å². The molecule has 1 amide bonds. The Hall–Kier alpha value is -2.95. The molecule has 0 unspecified atom stereocenters. The van der Waals surface area contributed by atoms with Gasteiger partial charge in [0.1, 0.15) is 0 Å². The molecule has 2 aromatic heterocycles. The van der Waals surface area contributed by atoms with E-state index in [1.54, 1.807) is 6.20 Å². The Kier molecular flexibility index (Phi) is 4.52. The molecular formula is C21H22N4O. The lowest BCUT2D eigenvalue weighted by molar-refractivity contribution is -0.117. The van der Waals surface area contributed by atoms with Crippen LogP contribution in [0.1, 0.15) is 29.2 Å². The highest BCUT2D eigenvalue weighted by Gasteiger charge is 2.44. The van der Waals surface area contributed by atoms with Crippen molar-refractivity contribution in [2.75, 3.05) is 5.32 Å².